The summed E-state index contributed by atoms with van der Waals surface area (Å²) in [6, 6.07) is -0.397. The molecular weight excluding hydrogens is 310 g/mol. The molecule has 2 aliphatic heterocycles. The van der Waals surface area contributed by atoms with Crippen LogP contribution in [0.4, 0.5) is 0 Å². The third kappa shape index (κ3) is 6.37. The lowest BCUT2D eigenvalue weighted by molar-refractivity contribution is -0.140. The van der Waals surface area contributed by atoms with Crippen LogP contribution in [0.25, 0.3) is 0 Å². The van der Waals surface area contributed by atoms with Gasteiger partial charge < -0.3 is 19.7 Å². The van der Waals surface area contributed by atoms with Crippen molar-refractivity contribution in [3.8, 4) is 0 Å². The molecule has 138 valence electrons. The Balaban J connectivity index is 1.69. The average molecular weight is 341 g/mol. The standard InChI is InChI=1S/C17H31N3O4/c1-2-3-11-24-14-16(21)18-15-5-4-6-20(17(15)22)8-7-19-9-12-23-13-10-19/h15H,2-14H2,1H3,(H,18,21)/t15-/m0/s1. The fourth-order valence-electron chi connectivity index (χ4n) is 3.03. The summed E-state index contributed by atoms with van der Waals surface area (Å²) in [4.78, 5) is 28.6. The Bertz CT molecular complexity index is 399. The van der Waals surface area contributed by atoms with Crippen LogP contribution in [0.15, 0.2) is 0 Å². The number of likely N-dealkylation sites (tertiary alicyclic amines) is 1. The van der Waals surface area contributed by atoms with Crippen molar-refractivity contribution in [2.75, 3.05) is 59.2 Å². The van der Waals surface area contributed by atoms with Crippen molar-refractivity contribution in [1.82, 2.24) is 15.1 Å². The molecule has 7 nitrogen and oxygen atoms in total. The summed E-state index contributed by atoms with van der Waals surface area (Å²) >= 11 is 0. The monoisotopic (exact) mass is 341 g/mol. The zero-order valence-corrected chi connectivity index (χ0v) is 14.8. The van der Waals surface area contributed by atoms with Gasteiger partial charge in [0.1, 0.15) is 12.6 Å². The second kappa shape index (κ2) is 10.6. The molecule has 0 aliphatic carbocycles. The zero-order valence-electron chi connectivity index (χ0n) is 14.8. The fraction of sp³-hybridized carbons (Fsp3) is 0.882. The van der Waals surface area contributed by atoms with Crippen molar-refractivity contribution in [1.29, 1.82) is 0 Å². The number of hydrogen-bond donors (Lipinski definition) is 1. The van der Waals surface area contributed by atoms with Crippen molar-refractivity contribution < 1.29 is 19.1 Å². The Kier molecular flexibility index (Phi) is 8.49. The minimum absolute atomic E-state index is 0.0383. The van der Waals surface area contributed by atoms with Gasteiger partial charge in [-0.1, -0.05) is 13.3 Å². The molecule has 2 aliphatic rings. The Morgan fingerprint density at radius 1 is 1.29 bits per heavy atom. The number of ether oxygens (including phenoxy) is 2. The number of morpholine rings is 1. The molecule has 0 spiro atoms. The van der Waals surface area contributed by atoms with Crippen LogP contribution < -0.4 is 5.32 Å². The average Bonchev–Trinajstić information content (AvgIpc) is 2.60. The lowest BCUT2D eigenvalue weighted by Gasteiger charge is -2.35. The molecule has 2 saturated heterocycles. The van der Waals surface area contributed by atoms with E-state index in [1.165, 1.54) is 0 Å². The van der Waals surface area contributed by atoms with E-state index < -0.39 is 6.04 Å². The predicted molar refractivity (Wildman–Crippen MR) is 90.7 cm³/mol. The van der Waals surface area contributed by atoms with Gasteiger partial charge in [-0.05, 0) is 19.3 Å². The molecule has 0 aromatic heterocycles. The van der Waals surface area contributed by atoms with Crippen molar-refractivity contribution in [2.45, 2.75) is 38.6 Å². The number of carbonyl (C=O) groups is 2. The van der Waals surface area contributed by atoms with Crippen LogP contribution >= 0.6 is 0 Å². The summed E-state index contributed by atoms with van der Waals surface area (Å²) in [7, 11) is 0. The van der Waals surface area contributed by atoms with E-state index in [4.69, 9.17) is 9.47 Å². The maximum Gasteiger partial charge on any atom is 0.246 e. The van der Waals surface area contributed by atoms with Gasteiger partial charge in [-0.15, -0.1) is 0 Å². The van der Waals surface area contributed by atoms with Gasteiger partial charge in [0.25, 0.3) is 0 Å². The summed E-state index contributed by atoms with van der Waals surface area (Å²) in [6.07, 6.45) is 3.63. The number of piperidine rings is 1. The first-order chi connectivity index (χ1) is 11.7. The summed E-state index contributed by atoms with van der Waals surface area (Å²) in [6.45, 7) is 8.47. The largest absolute Gasteiger partial charge is 0.379 e. The van der Waals surface area contributed by atoms with Gasteiger partial charge in [-0.2, -0.15) is 0 Å². The summed E-state index contributed by atoms with van der Waals surface area (Å²) in [5.41, 5.74) is 0. The normalized spacial score (nSPS) is 22.6. The lowest BCUT2D eigenvalue weighted by Crippen LogP contribution is -2.54. The van der Waals surface area contributed by atoms with Gasteiger partial charge in [-0.3, -0.25) is 14.5 Å². The predicted octanol–water partition coefficient (Wildman–Crippen LogP) is 0.243. The molecule has 2 fully saturated rings. The number of nitrogens with zero attached hydrogens (tertiary/aromatic N) is 2. The van der Waals surface area contributed by atoms with Crippen molar-refractivity contribution in [3.63, 3.8) is 0 Å². The number of hydrogen-bond acceptors (Lipinski definition) is 5. The Labute approximate surface area is 144 Å². The smallest absolute Gasteiger partial charge is 0.246 e. The van der Waals surface area contributed by atoms with Crippen LogP contribution in [0.1, 0.15) is 32.6 Å². The SMILES string of the molecule is CCCCOCC(=O)N[C@H]1CCCN(CCN2CCOCC2)C1=O. The topological polar surface area (TPSA) is 71.1 Å². The van der Waals surface area contributed by atoms with Crippen molar-refractivity contribution in [2.24, 2.45) is 0 Å². The fourth-order valence-corrected chi connectivity index (χ4v) is 3.03. The first kappa shape index (κ1) is 19.1. The number of unbranched alkanes of at least 4 members (excludes halogenated alkanes) is 1. The second-order valence-electron chi connectivity index (χ2n) is 6.45. The third-order valence-electron chi connectivity index (χ3n) is 4.53. The van der Waals surface area contributed by atoms with E-state index in [1.807, 2.05) is 4.90 Å². The van der Waals surface area contributed by atoms with E-state index in [9.17, 15) is 9.59 Å². The van der Waals surface area contributed by atoms with E-state index >= 15 is 0 Å². The maximum absolute atomic E-state index is 12.5. The number of carbonyl (C=O) groups excluding carboxylic acids is 2. The highest BCUT2D eigenvalue weighted by Gasteiger charge is 2.29. The van der Waals surface area contributed by atoms with Crippen LogP contribution in [0, 0.1) is 0 Å². The molecule has 0 radical (unpaired) electrons. The highest BCUT2D eigenvalue weighted by molar-refractivity contribution is 5.88. The molecule has 7 heteroatoms. The molecule has 0 bridgehead atoms. The highest BCUT2D eigenvalue weighted by atomic mass is 16.5. The van der Waals surface area contributed by atoms with Crippen LogP contribution in [0.3, 0.4) is 0 Å². The zero-order chi connectivity index (χ0) is 17.2. The van der Waals surface area contributed by atoms with Gasteiger partial charge in [0.05, 0.1) is 13.2 Å². The van der Waals surface area contributed by atoms with Gasteiger partial charge in [0.15, 0.2) is 0 Å². The molecule has 0 saturated carbocycles. The maximum atomic E-state index is 12.5. The minimum atomic E-state index is -0.397. The Morgan fingerprint density at radius 2 is 2.08 bits per heavy atom. The number of nitrogens with one attached hydrogen (secondary N) is 1. The van der Waals surface area contributed by atoms with Crippen molar-refractivity contribution in [3.05, 3.63) is 0 Å². The first-order valence-corrected chi connectivity index (χ1v) is 9.16. The van der Waals surface area contributed by atoms with Crippen molar-refractivity contribution >= 4 is 11.8 Å². The molecule has 1 atom stereocenters. The quantitative estimate of drug-likeness (QED) is 0.609. The summed E-state index contributed by atoms with van der Waals surface area (Å²) in [5.74, 6) is -0.157. The third-order valence-corrected chi connectivity index (χ3v) is 4.53. The lowest BCUT2D eigenvalue weighted by atomic mass is 10.0. The number of amides is 2. The van der Waals surface area contributed by atoms with E-state index in [-0.39, 0.29) is 18.4 Å². The minimum Gasteiger partial charge on any atom is -0.379 e. The molecule has 2 heterocycles. The van der Waals surface area contributed by atoms with Gasteiger partial charge in [0, 0.05) is 39.3 Å². The molecule has 1 N–H and O–H groups in total. The molecule has 0 unspecified atom stereocenters. The molecule has 0 aromatic rings. The summed E-state index contributed by atoms with van der Waals surface area (Å²) < 4.78 is 10.7. The van der Waals surface area contributed by atoms with Crippen LogP contribution in [-0.2, 0) is 19.1 Å². The summed E-state index contributed by atoms with van der Waals surface area (Å²) in [5, 5.41) is 2.82. The highest BCUT2D eigenvalue weighted by Crippen LogP contribution is 2.12. The van der Waals surface area contributed by atoms with Gasteiger partial charge in [-0.25, -0.2) is 0 Å². The Morgan fingerprint density at radius 3 is 2.83 bits per heavy atom. The van der Waals surface area contributed by atoms with Crippen LogP contribution in [0.2, 0.25) is 0 Å². The first-order valence-electron chi connectivity index (χ1n) is 9.16. The van der Waals surface area contributed by atoms with E-state index in [2.05, 4.69) is 17.1 Å². The molecule has 24 heavy (non-hydrogen) atoms. The molecular formula is C17H31N3O4. The Hall–Kier alpha value is -1.18. The van der Waals surface area contributed by atoms with Crippen LogP contribution in [-0.4, -0.2) is 86.8 Å². The van der Waals surface area contributed by atoms with E-state index in [0.29, 0.717) is 13.0 Å². The van der Waals surface area contributed by atoms with E-state index in [1.54, 1.807) is 0 Å². The van der Waals surface area contributed by atoms with Crippen LogP contribution in [0.5, 0.6) is 0 Å². The number of rotatable bonds is 9. The second-order valence-corrected chi connectivity index (χ2v) is 6.45. The van der Waals surface area contributed by atoms with E-state index in [0.717, 1.165) is 65.2 Å². The molecule has 0 aromatic carbocycles. The van der Waals surface area contributed by atoms with Gasteiger partial charge in [0.2, 0.25) is 11.8 Å². The van der Waals surface area contributed by atoms with Gasteiger partial charge >= 0.3 is 0 Å². The molecule has 2 amide bonds. The molecule has 2 rings (SSSR count).